The largest absolute Gasteiger partial charge is 0.508 e. The Hall–Kier alpha value is -3.57. The zero-order chi connectivity index (χ0) is 40.4. The molecule has 0 spiro atoms. The molecule has 4 aromatic carbocycles. The number of thiol groups is 1. The zero-order valence-corrected chi connectivity index (χ0v) is 36.7. The SMILES string of the molecule is CCCC(c1cc(C(C)(C)C)c(O)cc1C)(c1cc(C(C)(C)C)c(O)cc1C)[SH](c1cc(C(C)(C)C)c(O)cc1C)c1cc(C(C)(C)C)c(O)cc1C. The highest BCUT2D eigenvalue weighted by atomic mass is 32.2. The Labute approximate surface area is 324 Å². The van der Waals surface area contributed by atoms with Gasteiger partial charge in [0, 0.05) is 11.1 Å². The fourth-order valence-corrected chi connectivity index (χ4v) is 12.0. The molecule has 290 valence electrons. The highest BCUT2D eigenvalue weighted by Gasteiger charge is 2.46. The zero-order valence-electron chi connectivity index (χ0n) is 35.8. The monoisotopic (exact) mass is 740 g/mol. The molecule has 0 bridgehead atoms. The lowest BCUT2D eigenvalue weighted by atomic mass is 9.76. The first-order valence-electron chi connectivity index (χ1n) is 19.2. The molecule has 0 saturated heterocycles. The van der Waals surface area contributed by atoms with E-state index in [1.54, 1.807) is 0 Å². The van der Waals surface area contributed by atoms with Crippen molar-refractivity contribution in [2.24, 2.45) is 0 Å². The first-order chi connectivity index (χ1) is 24.1. The molecule has 0 fully saturated rings. The fraction of sp³-hybridized carbons (Fsp3) is 0.500. The summed E-state index contributed by atoms with van der Waals surface area (Å²) in [5, 5.41) is 46.1. The van der Waals surface area contributed by atoms with Crippen LogP contribution < -0.4 is 0 Å². The minimum atomic E-state index is -1.38. The van der Waals surface area contributed by atoms with Crippen LogP contribution in [0.15, 0.2) is 58.3 Å². The van der Waals surface area contributed by atoms with Crippen molar-refractivity contribution < 1.29 is 20.4 Å². The van der Waals surface area contributed by atoms with Gasteiger partial charge in [0.25, 0.3) is 0 Å². The van der Waals surface area contributed by atoms with E-state index in [4.69, 9.17) is 0 Å². The molecule has 0 amide bonds. The van der Waals surface area contributed by atoms with Crippen LogP contribution in [0.4, 0.5) is 0 Å². The highest BCUT2D eigenvalue weighted by Crippen LogP contribution is 2.68. The van der Waals surface area contributed by atoms with E-state index in [2.05, 4.69) is 142 Å². The van der Waals surface area contributed by atoms with Crippen molar-refractivity contribution in [3.8, 4) is 23.0 Å². The number of hydrogen-bond acceptors (Lipinski definition) is 4. The average molecular weight is 741 g/mol. The molecular formula is C48H68O4S. The van der Waals surface area contributed by atoms with Gasteiger partial charge in [-0.05, 0) is 159 Å². The second kappa shape index (κ2) is 14.3. The number of aromatic hydroxyl groups is 4. The van der Waals surface area contributed by atoms with Gasteiger partial charge in [0.05, 0.1) is 4.75 Å². The molecule has 4 rings (SSSR count). The molecule has 0 aromatic heterocycles. The summed E-state index contributed by atoms with van der Waals surface area (Å²) in [6.07, 6.45) is 1.64. The second-order valence-corrected chi connectivity index (χ2v) is 22.0. The maximum Gasteiger partial charge on any atom is 0.119 e. The van der Waals surface area contributed by atoms with Gasteiger partial charge < -0.3 is 20.4 Å². The van der Waals surface area contributed by atoms with E-state index in [9.17, 15) is 20.4 Å². The third-order valence-electron chi connectivity index (χ3n) is 10.9. The van der Waals surface area contributed by atoms with E-state index in [-0.39, 0.29) is 33.2 Å². The standard InChI is InChI=1S/C48H68O4S/c1-18-19-48(32-24-34(44(6,7)8)38(49)20-28(32)2,33-25-35(45(9,10)11)39(50)21-29(33)3)53(42-26-36(46(12,13)14)40(51)22-30(42)4)43-27-37(47(15,16)17)41(52)23-31(43)5/h20-27,49-53H,18-19H2,1-17H3. The lowest BCUT2D eigenvalue weighted by Crippen LogP contribution is -2.32. The smallest absolute Gasteiger partial charge is 0.119 e. The lowest BCUT2D eigenvalue weighted by molar-refractivity contribution is 0.442. The van der Waals surface area contributed by atoms with Crippen LogP contribution >= 0.6 is 10.9 Å². The highest BCUT2D eigenvalue weighted by molar-refractivity contribution is 8.18. The van der Waals surface area contributed by atoms with Crippen molar-refractivity contribution in [3.05, 3.63) is 104 Å². The van der Waals surface area contributed by atoms with E-state index in [1.165, 1.54) is 9.79 Å². The average Bonchev–Trinajstić information content (AvgIpc) is 2.96. The normalized spacial score (nSPS) is 13.4. The van der Waals surface area contributed by atoms with Crippen LogP contribution in [-0.2, 0) is 26.4 Å². The van der Waals surface area contributed by atoms with Crippen molar-refractivity contribution in [3.63, 3.8) is 0 Å². The van der Waals surface area contributed by atoms with Gasteiger partial charge in [-0.15, -0.1) is 0 Å². The van der Waals surface area contributed by atoms with Crippen molar-refractivity contribution in [1.82, 2.24) is 0 Å². The van der Waals surface area contributed by atoms with E-state index in [0.29, 0.717) is 11.5 Å². The van der Waals surface area contributed by atoms with Crippen LogP contribution in [-0.4, -0.2) is 20.4 Å². The van der Waals surface area contributed by atoms with Gasteiger partial charge >= 0.3 is 0 Å². The third kappa shape index (κ3) is 7.97. The maximum absolute atomic E-state index is 11.5. The summed E-state index contributed by atoms with van der Waals surface area (Å²) in [4.78, 5) is 2.33. The van der Waals surface area contributed by atoms with Crippen molar-refractivity contribution in [2.45, 2.75) is 167 Å². The molecule has 4 N–H and O–H groups in total. The van der Waals surface area contributed by atoms with Gasteiger partial charge in [-0.2, -0.15) is 10.9 Å². The Morgan fingerprint density at radius 2 is 0.660 bits per heavy atom. The topological polar surface area (TPSA) is 80.9 Å². The van der Waals surface area contributed by atoms with Gasteiger partial charge in [-0.1, -0.05) is 96.4 Å². The predicted molar refractivity (Wildman–Crippen MR) is 227 cm³/mol. The summed E-state index contributed by atoms with van der Waals surface area (Å²) >= 11 is 0. The van der Waals surface area contributed by atoms with Crippen LogP contribution in [0, 0.1) is 27.7 Å². The molecule has 0 saturated carbocycles. The van der Waals surface area contributed by atoms with Gasteiger partial charge in [-0.3, -0.25) is 0 Å². The van der Waals surface area contributed by atoms with Crippen molar-refractivity contribution in [2.75, 3.05) is 0 Å². The summed E-state index contributed by atoms with van der Waals surface area (Å²) in [6.45, 7) is 36.5. The maximum atomic E-state index is 11.5. The van der Waals surface area contributed by atoms with Crippen LogP contribution in [0.3, 0.4) is 0 Å². The molecule has 53 heavy (non-hydrogen) atoms. The number of benzene rings is 4. The van der Waals surface area contributed by atoms with Gasteiger partial charge in [0.2, 0.25) is 0 Å². The summed E-state index contributed by atoms with van der Waals surface area (Å²) in [5.74, 6) is 1.16. The van der Waals surface area contributed by atoms with Gasteiger partial charge in [0.15, 0.2) is 0 Å². The number of hydrogen-bond donors (Lipinski definition) is 5. The summed E-state index contributed by atoms with van der Waals surface area (Å²) in [6, 6.07) is 16.8. The molecule has 4 aromatic rings. The predicted octanol–water partition coefficient (Wildman–Crippen LogP) is 13.1. The van der Waals surface area contributed by atoms with E-state index >= 15 is 0 Å². The van der Waals surface area contributed by atoms with Crippen molar-refractivity contribution in [1.29, 1.82) is 0 Å². The quantitative estimate of drug-likeness (QED) is 0.122. The van der Waals surface area contributed by atoms with Crippen LogP contribution in [0.5, 0.6) is 23.0 Å². The first-order valence-corrected chi connectivity index (χ1v) is 20.6. The summed E-state index contributed by atoms with van der Waals surface area (Å²) < 4.78 is -0.673. The van der Waals surface area contributed by atoms with Crippen LogP contribution in [0.1, 0.15) is 158 Å². The second-order valence-electron chi connectivity index (χ2n) is 19.6. The van der Waals surface area contributed by atoms with Crippen molar-refractivity contribution >= 4 is 10.9 Å². The molecule has 0 aliphatic rings. The molecule has 0 unspecified atom stereocenters. The summed E-state index contributed by atoms with van der Waals surface area (Å²) in [5.41, 5.74) is 8.53. The molecule has 0 atom stereocenters. The molecular weight excluding hydrogens is 673 g/mol. The van der Waals surface area contributed by atoms with Crippen LogP contribution in [0.25, 0.3) is 0 Å². The number of rotatable bonds is 7. The summed E-state index contributed by atoms with van der Waals surface area (Å²) in [7, 11) is -1.38. The Morgan fingerprint density at radius 1 is 0.396 bits per heavy atom. The molecule has 4 nitrogen and oxygen atoms in total. The minimum absolute atomic E-state index is 0.290. The molecule has 0 radical (unpaired) electrons. The third-order valence-corrected chi connectivity index (χ3v) is 14.3. The molecule has 0 aliphatic carbocycles. The van der Waals surface area contributed by atoms with E-state index < -0.39 is 15.6 Å². The minimum Gasteiger partial charge on any atom is -0.508 e. The molecule has 5 heteroatoms. The Bertz CT molecular complexity index is 1870. The molecule has 0 heterocycles. The van der Waals surface area contributed by atoms with Crippen LogP contribution in [0.2, 0.25) is 0 Å². The number of aryl methyl sites for hydroxylation is 4. The van der Waals surface area contributed by atoms with E-state index in [1.807, 2.05) is 24.3 Å². The number of phenols is 4. The molecule has 0 aliphatic heterocycles. The Balaban J connectivity index is 2.48. The Kier molecular flexibility index (Phi) is 11.3. The van der Waals surface area contributed by atoms with E-state index in [0.717, 1.165) is 68.5 Å². The number of phenolic OH excluding ortho intramolecular Hbond substituents is 4. The van der Waals surface area contributed by atoms with Gasteiger partial charge in [0.1, 0.15) is 23.0 Å². The fourth-order valence-electron chi connectivity index (χ4n) is 8.19. The lowest BCUT2D eigenvalue weighted by Gasteiger charge is -2.49. The van der Waals surface area contributed by atoms with Gasteiger partial charge in [-0.25, -0.2) is 0 Å². The Morgan fingerprint density at radius 3 is 0.925 bits per heavy atom. The first kappa shape index (κ1) is 42.2.